The Morgan fingerprint density at radius 3 is 2.20 bits per heavy atom. The number of carboxylic acid groups (broad SMARTS) is 1. The van der Waals surface area contributed by atoms with E-state index in [2.05, 4.69) is 0 Å². The first-order chi connectivity index (χ1) is 9.33. The average molecular weight is 280 g/mol. The van der Waals surface area contributed by atoms with Crippen LogP contribution in [0.1, 0.15) is 36.5 Å². The maximum Gasteiger partial charge on any atom is 0.311 e. The molecule has 5 nitrogen and oxygen atoms in total. The number of esters is 1. The fraction of sp³-hybridized carbons (Fsp3) is 0.467. The minimum Gasteiger partial charge on any atom is -0.481 e. The summed E-state index contributed by atoms with van der Waals surface area (Å²) in [5, 5.41) is 17.8. The molecule has 0 bridgehead atoms. The molecule has 0 fully saturated rings. The van der Waals surface area contributed by atoms with Crippen LogP contribution in [0.4, 0.5) is 0 Å². The Bertz CT molecular complexity index is 484. The third-order valence-electron chi connectivity index (χ3n) is 2.96. The van der Waals surface area contributed by atoms with Gasteiger partial charge in [-0.3, -0.25) is 9.59 Å². The Morgan fingerprint density at radius 2 is 1.75 bits per heavy atom. The van der Waals surface area contributed by atoms with Crippen LogP contribution in [0.15, 0.2) is 12.1 Å². The van der Waals surface area contributed by atoms with E-state index in [1.807, 2.05) is 0 Å². The highest BCUT2D eigenvalue weighted by atomic mass is 16.5. The number of carbonyl (C=O) groups excluding carboxylic acids is 1. The van der Waals surface area contributed by atoms with Crippen LogP contribution in [-0.2, 0) is 16.2 Å². The summed E-state index contributed by atoms with van der Waals surface area (Å²) < 4.78 is 5.31. The zero-order valence-electron chi connectivity index (χ0n) is 12.0. The summed E-state index contributed by atoms with van der Waals surface area (Å²) in [7, 11) is 0. The zero-order chi connectivity index (χ0) is 15.3. The number of ether oxygens (including phenoxy) is 1. The second kappa shape index (κ2) is 7.05. The van der Waals surface area contributed by atoms with Crippen molar-refractivity contribution in [3.8, 4) is 5.75 Å². The molecule has 0 aliphatic carbocycles. The first-order valence-corrected chi connectivity index (χ1v) is 6.47. The molecule has 5 heteroatoms. The molecule has 0 aliphatic rings. The van der Waals surface area contributed by atoms with Crippen LogP contribution < -0.4 is 4.74 Å². The molecule has 1 atom stereocenters. The minimum atomic E-state index is -0.926. The highest BCUT2D eigenvalue weighted by molar-refractivity contribution is 5.75. The maximum absolute atomic E-state index is 11.8. The van der Waals surface area contributed by atoms with Crippen molar-refractivity contribution in [3.63, 3.8) is 0 Å². The van der Waals surface area contributed by atoms with Gasteiger partial charge in [0.2, 0.25) is 0 Å². The third kappa shape index (κ3) is 4.66. The molecule has 1 aromatic rings. The summed E-state index contributed by atoms with van der Waals surface area (Å²) in [6.45, 7) is 5.24. The SMILES string of the molecule is Cc1cc(CO)cc(C)c1OC(=O)CC(C)CC(=O)O. The molecule has 1 unspecified atom stereocenters. The number of benzene rings is 1. The first kappa shape index (κ1) is 16.2. The Labute approximate surface area is 118 Å². The molecular formula is C15H20O5. The quantitative estimate of drug-likeness (QED) is 0.616. The number of carboxylic acids is 1. The lowest BCUT2D eigenvalue weighted by Crippen LogP contribution is -2.15. The third-order valence-corrected chi connectivity index (χ3v) is 2.96. The van der Waals surface area contributed by atoms with E-state index >= 15 is 0 Å². The van der Waals surface area contributed by atoms with Gasteiger partial charge in [0.15, 0.2) is 0 Å². The summed E-state index contributed by atoms with van der Waals surface area (Å²) in [6.07, 6.45) is 0.00342. The van der Waals surface area contributed by atoms with Gasteiger partial charge in [-0.2, -0.15) is 0 Å². The molecule has 1 aromatic carbocycles. The molecule has 20 heavy (non-hydrogen) atoms. The van der Waals surface area contributed by atoms with E-state index in [-0.39, 0.29) is 25.4 Å². The first-order valence-electron chi connectivity index (χ1n) is 6.47. The molecule has 0 spiro atoms. The monoisotopic (exact) mass is 280 g/mol. The van der Waals surface area contributed by atoms with E-state index < -0.39 is 11.9 Å². The van der Waals surface area contributed by atoms with Gasteiger partial charge < -0.3 is 14.9 Å². The number of aliphatic carboxylic acids is 1. The second-order valence-electron chi connectivity index (χ2n) is 5.10. The van der Waals surface area contributed by atoms with Gasteiger partial charge in [0.05, 0.1) is 6.61 Å². The summed E-state index contributed by atoms with van der Waals surface area (Å²) >= 11 is 0. The number of hydrogen-bond acceptors (Lipinski definition) is 4. The summed E-state index contributed by atoms with van der Waals surface area (Å²) in [5.74, 6) is -1.15. The molecule has 0 aliphatic heterocycles. The predicted octanol–water partition coefficient (Wildman–Crippen LogP) is 2.20. The fourth-order valence-corrected chi connectivity index (χ4v) is 2.10. The molecule has 0 saturated carbocycles. The largest absolute Gasteiger partial charge is 0.481 e. The molecule has 0 saturated heterocycles. The maximum atomic E-state index is 11.8. The average Bonchev–Trinajstić information content (AvgIpc) is 2.32. The molecule has 1 rings (SSSR count). The van der Waals surface area contributed by atoms with E-state index in [9.17, 15) is 9.59 Å². The lowest BCUT2D eigenvalue weighted by atomic mass is 10.0. The van der Waals surface area contributed by atoms with Gasteiger partial charge >= 0.3 is 11.9 Å². The lowest BCUT2D eigenvalue weighted by molar-refractivity contribution is -0.139. The Balaban J connectivity index is 2.73. The van der Waals surface area contributed by atoms with E-state index in [0.717, 1.165) is 16.7 Å². The molecule has 0 amide bonds. The van der Waals surface area contributed by atoms with Crippen LogP contribution in [0.25, 0.3) is 0 Å². The van der Waals surface area contributed by atoms with Crippen LogP contribution in [-0.4, -0.2) is 22.2 Å². The van der Waals surface area contributed by atoms with Crippen LogP contribution in [0, 0.1) is 19.8 Å². The van der Waals surface area contributed by atoms with Gasteiger partial charge in [-0.05, 0) is 36.5 Å². The van der Waals surface area contributed by atoms with Gasteiger partial charge in [0.1, 0.15) is 5.75 Å². The fourth-order valence-electron chi connectivity index (χ4n) is 2.10. The smallest absolute Gasteiger partial charge is 0.311 e. The van der Waals surface area contributed by atoms with Crippen molar-refractivity contribution >= 4 is 11.9 Å². The lowest BCUT2D eigenvalue weighted by Gasteiger charge is -2.13. The summed E-state index contributed by atoms with van der Waals surface area (Å²) in [6, 6.07) is 3.52. The van der Waals surface area contributed by atoms with Crippen molar-refractivity contribution in [1.29, 1.82) is 0 Å². The van der Waals surface area contributed by atoms with Gasteiger partial charge in [-0.1, -0.05) is 19.1 Å². The van der Waals surface area contributed by atoms with Crippen molar-refractivity contribution in [2.24, 2.45) is 5.92 Å². The summed E-state index contributed by atoms with van der Waals surface area (Å²) in [5.41, 5.74) is 2.31. The van der Waals surface area contributed by atoms with Crippen LogP contribution in [0.2, 0.25) is 0 Å². The molecule has 0 heterocycles. The van der Waals surface area contributed by atoms with Gasteiger partial charge in [-0.15, -0.1) is 0 Å². The molecule has 0 aromatic heterocycles. The molecule has 110 valence electrons. The molecule has 0 radical (unpaired) electrons. The van der Waals surface area contributed by atoms with Gasteiger partial charge in [0.25, 0.3) is 0 Å². The van der Waals surface area contributed by atoms with Crippen molar-refractivity contribution in [2.75, 3.05) is 0 Å². The minimum absolute atomic E-state index is 0.0590. The van der Waals surface area contributed by atoms with Gasteiger partial charge in [0, 0.05) is 12.8 Å². The van der Waals surface area contributed by atoms with E-state index in [4.69, 9.17) is 14.9 Å². The van der Waals surface area contributed by atoms with Gasteiger partial charge in [-0.25, -0.2) is 0 Å². The highest BCUT2D eigenvalue weighted by Gasteiger charge is 2.16. The number of rotatable bonds is 6. The topological polar surface area (TPSA) is 83.8 Å². The number of aliphatic hydroxyl groups is 1. The van der Waals surface area contributed by atoms with E-state index in [1.165, 1.54) is 0 Å². The van der Waals surface area contributed by atoms with Crippen molar-refractivity contribution in [3.05, 3.63) is 28.8 Å². The number of hydrogen-bond donors (Lipinski definition) is 2. The Hall–Kier alpha value is -1.88. The Kier molecular flexibility index (Phi) is 5.70. The number of carbonyl (C=O) groups is 2. The van der Waals surface area contributed by atoms with Crippen LogP contribution in [0.3, 0.4) is 0 Å². The Morgan fingerprint density at radius 1 is 1.20 bits per heavy atom. The van der Waals surface area contributed by atoms with Crippen molar-refractivity contribution < 1.29 is 24.5 Å². The zero-order valence-corrected chi connectivity index (χ0v) is 12.0. The van der Waals surface area contributed by atoms with Crippen LogP contribution >= 0.6 is 0 Å². The number of aryl methyl sites for hydroxylation is 2. The second-order valence-corrected chi connectivity index (χ2v) is 5.10. The normalized spacial score (nSPS) is 12.0. The van der Waals surface area contributed by atoms with E-state index in [0.29, 0.717) is 5.75 Å². The summed E-state index contributed by atoms with van der Waals surface area (Å²) in [4.78, 5) is 22.4. The highest BCUT2D eigenvalue weighted by Crippen LogP contribution is 2.25. The predicted molar refractivity (Wildman–Crippen MR) is 73.5 cm³/mol. The van der Waals surface area contributed by atoms with E-state index in [1.54, 1.807) is 32.9 Å². The number of aliphatic hydroxyl groups excluding tert-OH is 1. The standard InChI is InChI=1S/C15H20O5/c1-9(4-13(17)18)5-14(19)20-15-10(2)6-12(8-16)7-11(15)3/h6-7,9,16H,4-5,8H2,1-3H3,(H,17,18). The van der Waals surface area contributed by atoms with Crippen LogP contribution in [0.5, 0.6) is 5.75 Å². The molecular weight excluding hydrogens is 260 g/mol. The molecule has 2 N–H and O–H groups in total. The van der Waals surface area contributed by atoms with Crippen molar-refractivity contribution in [2.45, 2.75) is 40.2 Å². The van der Waals surface area contributed by atoms with Crippen molar-refractivity contribution in [1.82, 2.24) is 0 Å².